The second-order valence-electron chi connectivity index (χ2n) is 8.26. The lowest BCUT2D eigenvalue weighted by Crippen LogP contribution is -2.03. The molecule has 0 fully saturated rings. The lowest BCUT2D eigenvalue weighted by molar-refractivity contribution is 0.134. The van der Waals surface area contributed by atoms with E-state index in [2.05, 4.69) is 52.1 Å². The van der Waals surface area contributed by atoms with Crippen molar-refractivity contribution in [3.63, 3.8) is 0 Å². The summed E-state index contributed by atoms with van der Waals surface area (Å²) in [5, 5.41) is 14.6. The second-order valence-corrected chi connectivity index (χ2v) is 8.26. The zero-order valence-corrected chi connectivity index (χ0v) is 19.7. The summed E-state index contributed by atoms with van der Waals surface area (Å²) in [5.41, 5.74) is 7.41. The number of aromatic nitrogens is 3. The maximum atomic E-state index is 5.73. The van der Waals surface area contributed by atoms with E-state index in [0.717, 1.165) is 56.5 Å². The summed E-state index contributed by atoms with van der Waals surface area (Å²) in [6, 6.07) is 12.2. The molecule has 0 atom stereocenters. The van der Waals surface area contributed by atoms with Gasteiger partial charge in [-0.05, 0) is 63.1 Å². The first-order valence-corrected chi connectivity index (χ1v) is 11.1. The fraction of sp³-hybridized carbons (Fsp3) is 0.308. The SMILES string of the molecule is CCOc1ccc(-n2c(C)c3c(C)nnc(Nc4ccc5c(c4)COC5)c3c2C)c(OC)c1. The van der Waals surface area contributed by atoms with E-state index in [9.17, 15) is 0 Å². The average molecular weight is 445 g/mol. The van der Waals surface area contributed by atoms with Crippen LogP contribution in [0, 0.1) is 20.8 Å². The van der Waals surface area contributed by atoms with Crippen LogP contribution in [0.5, 0.6) is 11.5 Å². The molecule has 4 aromatic rings. The molecule has 1 aliphatic rings. The Bertz CT molecular complexity index is 1360. The van der Waals surface area contributed by atoms with Crippen molar-refractivity contribution in [1.82, 2.24) is 14.8 Å². The summed E-state index contributed by atoms with van der Waals surface area (Å²) in [4.78, 5) is 0. The first kappa shape index (κ1) is 21.3. The summed E-state index contributed by atoms with van der Waals surface area (Å²) in [6.45, 7) is 10.1. The smallest absolute Gasteiger partial charge is 0.162 e. The number of ether oxygens (including phenoxy) is 3. The van der Waals surface area contributed by atoms with E-state index in [4.69, 9.17) is 14.2 Å². The van der Waals surface area contributed by atoms with Gasteiger partial charge in [-0.15, -0.1) is 5.10 Å². The molecule has 2 aromatic carbocycles. The fourth-order valence-electron chi connectivity index (χ4n) is 4.73. The zero-order valence-electron chi connectivity index (χ0n) is 19.7. The largest absolute Gasteiger partial charge is 0.494 e. The van der Waals surface area contributed by atoms with Gasteiger partial charge in [-0.1, -0.05) is 6.07 Å². The molecule has 0 saturated carbocycles. The van der Waals surface area contributed by atoms with E-state index in [1.54, 1.807) is 7.11 Å². The van der Waals surface area contributed by atoms with Crippen LogP contribution in [0.1, 0.15) is 35.1 Å². The molecule has 7 heteroatoms. The first-order chi connectivity index (χ1) is 16.0. The van der Waals surface area contributed by atoms with E-state index in [0.29, 0.717) is 19.8 Å². The van der Waals surface area contributed by atoms with Crippen LogP contribution < -0.4 is 14.8 Å². The van der Waals surface area contributed by atoms with Crippen molar-refractivity contribution in [3.05, 3.63) is 64.6 Å². The molecule has 2 aromatic heterocycles. The molecule has 0 aliphatic carbocycles. The van der Waals surface area contributed by atoms with Gasteiger partial charge in [0.2, 0.25) is 0 Å². The highest BCUT2D eigenvalue weighted by Crippen LogP contribution is 2.38. The van der Waals surface area contributed by atoms with Gasteiger partial charge < -0.3 is 24.1 Å². The number of fused-ring (bicyclic) bond motifs is 2. The van der Waals surface area contributed by atoms with Gasteiger partial charge >= 0.3 is 0 Å². The number of hydrogen-bond donors (Lipinski definition) is 1. The van der Waals surface area contributed by atoms with Gasteiger partial charge in [-0.25, -0.2) is 0 Å². The molecule has 0 spiro atoms. The second kappa shape index (κ2) is 8.41. The number of aryl methyl sites for hydroxylation is 3. The molecule has 1 aliphatic heterocycles. The van der Waals surface area contributed by atoms with Gasteiger partial charge in [0.15, 0.2) is 5.82 Å². The van der Waals surface area contributed by atoms with Crippen molar-refractivity contribution < 1.29 is 14.2 Å². The van der Waals surface area contributed by atoms with Crippen LogP contribution in [-0.4, -0.2) is 28.5 Å². The van der Waals surface area contributed by atoms with Crippen molar-refractivity contribution in [2.45, 2.75) is 40.9 Å². The summed E-state index contributed by atoms with van der Waals surface area (Å²) in [5.74, 6) is 2.27. The minimum Gasteiger partial charge on any atom is -0.494 e. The highest BCUT2D eigenvalue weighted by molar-refractivity contribution is 5.99. The first-order valence-electron chi connectivity index (χ1n) is 11.1. The van der Waals surface area contributed by atoms with Gasteiger partial charge in [-0.2, -0.15) is 5.10 Å². The molecule has 0 radical (unpaired) electrons. The van der Waals surface area contributed by atoms with E-state index in [-0.39, 0.29) is 0 Å². The molecule has 7 nitrogen and oxygen atoms in total. The number of nitrogens with zero attached hydrogens (tertiary/aromatic N) is 3. The van der Waals surface area contributed by atoms with E-state index < -0.39 is 0 Å². The molecule has 0 bridgehead atoms. The van der Waals surface area contributed by atoms with Crippen molar-refractivity contribution in [2.24, 2.45) is 0 Å². The van der Waals surface area contributed by atoms with Crippen LogP contribution in [-0.2, 0) is 18.0 Å². The lowest BCUT2D eigenvalue weighted by Gasteiger charge is -2.15. The summed E-state index contributed by atoms with van der Waals surface area (Å²) in [7, 11) is 1.68. The Morgan fingerprint density at radius 3 is 2.55 bits per heavy atom. The average Bonchev–Trinajstić information content (AvgIpc) is 3.38. The van der Waals surface area contributed by atoms with E-state index in [1.165, 1.54) is 11.1 Å². The number of benzene rings is 2. The van der Waals surface area contributed by atoms with E-state index in [1.807, 2.05) is 32.0 Å². The third-order valence-corrected chi connectivity index (χ3v) is 6.23. The third kappa shape index (κ3) is 3.58. The number of nitrogens with one attached hydrogen (secondary N) is 1. The summed E-state index contributed by atoms with van der Waals surface area (Å²) < 4.78 is 19.2. The van der Waals surface area contributed by atoms with Crippen LogP contribution in [0.4, 0.5) is 11.5 Å². The Morgan fingerprint density at radius 1 is 0.970 bits per heavy atom. The highest BCUT2D eigenvalue weighted by Gasteiger charge is 2.22. The molecule has 0 saturated heterocycles. The molecule has 5 rings (SSSR count). The van der Waals surface area contributed by atoms with Crippen molar-refractivity contribution in [3.8, 4) is 17.2 Å². The molecule has 0 unspecified atom stereocenters. The minimum absolute atomic E-state index is 0.605. The molecular weight excluding hydrogens is 416 g/mol. The van der Waals surface area contributed by atoms with Crippen molar-refractivity contribution in [2.75, 3.05) is 19.0 Å². The Hall–Kier alpha value is -3.58. The molecule has 0 amide bonds. The van der Waals surface area contributed by atoms with Gasteiger partial charge in [0.1, 0.15) is 11.5 Å². The monoisotopic (exact) mass is 444 g/mol. The molecular formula is C26H28N4O3. The summed E-state index contributed by atoms with van der Waals surface area (Å²) in [6.07, 6.45) is 0. The lowest BCUT2D eigenvalue weighted by atomic mass is 10.1. The number of methoxy groups -OCH3 is 1. The summed E-state index contributed by atoms with van der Waals surface area (Å²) >= 11 is 0. The number of rotatable bonds is 6. The van der Waals surface area contributed by atoms with Gasteiger partial charge in [0, 0.05) is 33.9 Å². The van der Waals surface area contributed by atoms with E-state index >= 15 is 0 Å². The van der Waals surface area contributed by atoms with Crippen LogP contribution in [0.3, 0.4) is 0 Å². The standard InChI is InChI=1S/C26H28N4O3/c1-6-33-21-9-10-22(23(12-21)31-5)30-16(3)24-15(2)28-29-26(25(24)17(30)4)27-20-8-7-18-13-32-14-19(18)11-20/h7-12H,6,13-14H2,1-5H3,(H,27,29). The molecule has 170 valence electrons. The highest BCUT2D eigenvalue weighted by atomic mass is 16.5. The predicted octanol–water partition coefficient (Wildman–Crippen LogP) is 5.53. The van der Waals surface area contributed by atoms with Gasteiger partial charge in [-0.3, -0.25) is 0 Å². The Kier molecular flexibility index (Phi) is 5.42. The van der Waals surface area contributed by atoms with Crippen molar-refractivity contribution in [1.29, 1.82) is 0 Å². The quantitative estimate of drug-likeness (QED) is 0.422. The van der Waals surface area contributed by atoms with Gasteiger partial charge in [0.05, 0.1) is 38.3 Å². The number of anilines is 2. The molecule has 3 heterocycles. The zero-order chi connectivity index (χ0) is 23.1. The number of hydrogen-bond acceptors (Lipinski definition) is 6. The van der Waals surface area contributed by atoms with Crippen LogP contribution >= 0.6 is 0 Å². The van der Waals surface area contributed by atoms with Crippen molar-refractivity contribution >= 4 is 22.3 Å². The van der Waals surface area contributed by atoms with Crippen LogP contribution in [0.15, 0.2) is 36.4 Å². The maximum absolute atomic E-state index is 5.73. The Morgan fingerprint density at radius 2 is 1.76 bits per heavy atom. The molecule has 1 N–H and O–H groups in total. The van der Waals surface area contributed by atoms with Crippen LogP contribution in [0.25, 0.3) is 16.5 Å². The molecule has 33 heavy (non-hydrogen) atoms. The third-order valence-electron chi connectivity index (χ3n) is 6.23. The fourth-order valence-corrected chi connectivity index (χ4v) is 4.73. The minimum atomic E-state index is 0.605. The normalized spacial score (nSPS) is 12.8. The Labute approximate surface area is 193 Å². The van der Waals surface area contributed by atoms with Crippen LogP contribution in [0.2, 0.25) is 0 Å². The maximum Gasteiger partial charge on any atom is 0.162 e. The Balaban J connectivity index is 1.65. The topological polar surface area (TPSA) is 70.4 Å². The van der Waals surface area contributed by atoms with Gasteiger partial charge in [0.25, 0.3) is 0 Å². The predicted molar refractivity (Wildman–Crippen MR) is 129 cm³/mol.